The monoisotopic (exact) mass is 359 g/mol. The topological polar surface area (TPSA) is 77.1 Å². The molecule has 4 aromatic rings. The molecular formula is C21H17N3O3. The Kier molecular flexibility index (Phi) is 3.40. The zero-order valence-electron chi connectivity index (χ0n) is 14.6. The summed E-state index contributed by atoms with van der Waals surface area (Å²) in [6.45, 7) is 0.916. The van der Waals surface area contributed by atoms with Crippen LogP contribution in [0.1, 0.15) is 12.0 Å². The van der Waals surface area contributed by atoms with Gasteiger partial charge in [0.1, 0.15) is 0 Å². The molecule has 0 radical (unpaired) electrons. The van der Waals surface area contributed by atoms with Gasteiger partial charge in [0.15, 0.2) is 5.82 Å². The molecule has 134 valence electrons. The van der Waals surface area contributed by atoms with E-state index in [1.807, 2.05) is 41.0 Å². The lowest BCUT2D eigenvalue weighted by atomic mass is 10.0. The van der Waals surface area contributed by atoms with Crippen LogP contribution in [0.25, 0.3) is 33.3 Å². The van der Waals surface area contributed by atoms with Crippen LogP contribution in [0, 0.1) is 0 Å². The lowest BCUT2D eigenvalue weighted by Crippen LogP contribution is -2.28. The van der Waals surface area contributed by atoms with Crippen LogP contribution >= 0.6 is 0 Å². The van der Waals surface area contributed by atoms with Crippen molar-refractivity contribution < 1.29 is 9.90 Å². The Morgan fingerprint density at radius 1 is 1.07 bits per heavy atom. The Morgan fingerprint density at radius 2 is 1.81 bits per heavy atom. The third kappa shape index (κ3) is 2.30. The summed E-state index contributed by atoms with van der Waals surface area (Å²) < 4.78 is 3.73. The molecule has 0 aliphatic carbocycles. The van der Waals surface area contributed by atoms with Gasteiger partial charge in [0.25, 0.3) is 5.56 Å². The molecule has 0 fully saturated rings. The van der Waals surface area contributed by atoms with Crippen LogP contribution in [0.4, 0.5) is 0 Å². The fourth-order valence-electron chi connectivity index (χ4n) is 4.10. The van der Waals surface area contributed by atoms with Crippen molar-refractivity contribution in [3.05, 3.63) is 64.4 Å². The zero-order chi connectivity index (χ0) is 18.5. The average Bonchev–Trinajstić information content (AvgIpc) is 3.01. The van der Waals surface area contributed by atoms with Crippen LogP contribution in [-0.4, -0.2) is 25.2 Å². The molecule has 0 atom stereocenters. The van der Waals surface area contributed by atoms with Gasteiger partial charge in [-0.25, -0.2) is 4.98 Å². The second kappa shape index (κ2) is 5.81. The molecule has 0 unspecified atom stereocenters. The van der Waals surface area contributed by atoms with Gasteiger partial charge >= 0.3 is 5.97 Å². The first kappa shape index (κ1) is 15.8. The van der Waals surface area contributed by atoms with Gasteiger partial charge in [-0.1, -0.05) is 30.3 Å². The van der Waals surface area contributed by atoms with E-state index in [-0.39, 0.29) is 12.0 Å². The predicted octanol–water partition coefficient (Wildman–Crippen LogP) is 3.05. The van der Waals surface area contributed by atoms with E-state index in [1.165, 1.54) is 0 Å². The summed E-state index contributed by atoms with van der Waals surface area (Å²) in [4.78, 5) is 29.0. The van der Waals surface area contributed by atoms with Gasteiger partial charge in [0.05, 0.1) is 23.0 Å². The number of nitrogens with zero attached hydrogens (tertiary/aromatic N) is 3. The normalized spacial score (nSPS) is 12.9. The van der Waals surface area contributed by atoms with Gasteiger partial charge < -0.3 is 9.67 Å². The maximum atomic E-state index is 13.0. The molecular weight excluding hydrogens is 342 g/mol. The van der Waals surface area contributed by atoms with Crippen LogP contribution < -0.4 is 5.56 Å². The average molecular weight is 359 g/mol. The molecule has 27 heavy (non-hydrogen) atoms. The van der Waals surface area contributed by atoms with Crippen molar-refractivity contribution in [3.8, 4) is 11.5 Å². The Balaban J connectivity index is 1.86. The van der Waals surface area contributed by atoms with E-state index in [2.05, 4.69) is 6.07 Å². The minimum atomic E-state index is -0.846. The molecule has 2 aromatic carbocycles. The number of carboxylic acid groups (broad SMARTS) is 1. The number of hydrogen-bond acceptors (Lipinski definition) is 3. The van der Waals surface area contributed by atoms with Crippen molar-refractivity contribution in [2.75, 3.05) is 0 Å². The van der Waals surface area contributed by atoms with E-state index in [9.17, 15) is 14.7 Å². The number of rotatable bonds is 3. The fraction of sp³-hybridized carbons (Fsp3) is 0.190. The number of fused-ring (bicyclic) bond motifs is 6. The maximum Gasteiger partial charge on any atom is 0.305 e. The summed E-state index contributed by atoms with van der Waals surface area (Å²) in [6.07, 6.45) is 0.742. The summed E-state index contributed by atoms with van der Waals surface area (Å²) in [5, 5.41) is 10.9. The van der Waals surface area contributed by atoms with Crippen molar-refractivity contribution in [2.45, 2.75) is 25.9 Å². The number of para-hydroxylation sites is 2. The second-order valence-electron chi connectivity index (χ2n) is 6.80. The van der Waals surface area contributed by atoms with Crippen LogP contribution in [0.3, 0.4) is 0 Å². The molecule has 3 heterocycles. The smallest absolute Gasteiger partial charge is 0.305 e. The highest BCUT2D eigenvalue weighted by Crippen LogP contribution is 2.36. The number of carboxylic acids is 1. The standard InChI is InChI=1S/C21H17N3O3/c25-18(26)10-12-23-17-8-4-2-5-13(17)14-9-11-24-20(19(14)23)22-16-7-3-1-6-15(16)21(24)27/h1-8H,9-12H2,(H,25,26). The summed E-state index contributed by atoms with van der Waals surface area (Å²) in [5.41, 5.74) is 3.61. The Bertz CT molecular complexity index is 1280. The molecule has 2 aromatic heterocycles. The lowest BCUT2D eigenvalue weighted by Gasteiger charge is -2.21. The second-order valence-corrected chi connectivity index (χ2v) is 6.80. The molecule has 0 saturated carbocycles. The molecule has 0 amide bonds. The first-order valence-corrected chi connectivity index (χ1v) is 8.97. The van der Waals surface area contributed by atoms with E-state index in [0.29, 0.717) is 29.8 Å². The first-order valence-electron chi connectivity index (χ1n) is 8.97. The summed E-state index contributed by atoms with van der Waals surface area (Å²) in [5.74, 6) is -0.220. The van der Waals surface area contributed by atoms with Gasteiger partial charge in [-0.2, -0.15) is 0 Å². The van der Waals surface area contributed by atoms with E-state index < -0.39 is 5.97 Å². The van der Waals surface area contributed by atoms with Gasteiger partial charge in [-0.15, -0.1) is 0 Å². The number of aromatic nitrogens is 3. The van der Waals surface area contributed by atoms with Gasteiger partial charge in [0.2, 0.25) is 0 Å². The highest BCUT2D eigenvalue weighted by atomic mass is 16.4. The van der Waals surface area contributed by atoms with Gasteiger partial charge in [-0.3, -0.25) is 14.2 Å². The van der Waals surface area contributed by atoms with Crippen LogP contribution in [0.5, 0.6) is 0 Å². The molecule has 1 aliphatic rings. The van der Waals surface area contributed by atoms with Crippen molar-refractivity contribution in [1.82, 2.24) is 14.1 Å². The van der Waals surface area contributed by atoms with Gasteiger partial charge in [0, 0.05) is 24.0 Å². The summed E-state index contributed by atoms with van der Waals surface area (Å²) >= 11 is 0. The summed E-state index contributed by atoms with van der Waals surface area (Å²) in [6, 6.07) is 15.3. The number of carbonyl (C=O) groups is 1. The SMILES string of the molecule is O=C(O)CCn1c2c(c3ccccc31)CCn1c-2nc2ccccc2c1=O. The predicted molar refractivity (Wildman–Crippen MR) is 103 cm³/mol. The third-order valence-corrected chi connectivity index (χ3v) is 5.28. The lowest BCUT2D eigenvalue weighted by molar-refractivity contribution is -0.137. The molecule has 0 saturated heterocycles. The molecule has 1 N–H and O–H groups in total. The molecule has 6 heteroatoms. The van der Waals surface area contributed by atoms with Crippen molar-refractivity contribution >= 4 is 27.8 Å². The van der Waals surface area contributed by atoms with Crippen molar-refractivity contribution in [3.63, 3.8) is 0 Å². The van der Waals surface area contributed by atoms with Crippen molar-refractivity contribution in [1.29, 1.82) is 0 Å². The van der Waals surface area contributed by atoms with E-state index >= 15 is 0 Å². The minimum absolute atomic E-state index is 0.0168. The number of hydrogen-bond donors (Lipinski definition) is 1. The minimum Gasteiger partial charge on any atom is -0.481 e. The largest absolute Gasteiger partial charge is 0.481 e. The zero-order valence-corrected chi connectivity index (χ0v) is 14.6. The first-order chi connectivity index (χ1) is 13.1. The summed E-state index contributed by atoms with van der Waals surface area (Å²) in [7, 11) is 0. The van der Waals surface area contributed by atoms with Crippen LogP contribution in [-0.2, 0) is 24.3 Å². The fourth-order valence-corrected chi connectivity index (χ4v) is 4.10. The maximum absolute atomic E-state index is 13.0. The van der Waals surface area contributed by atoms with E-state index in [0.717, 1.165) is 28.6 Å². The van der Waals surface area contributed by atoms with Gasteiger partial charge in [-0.05, 0) is 30.2 Å². The number of benzene rings is 2. The Hall–Kier alpha value is -3.41. The number of aryl methyl sites for hydroxylation is 2. The van der Waals surface area contributed by atoms with Crippen LogP contribution in [0.2, 0.25) is 0 Å². The molecule has 1 aliphatic heterocycles. The van der Waals surface area contributed by atoms with Crippen molar-refractivity contribution in [2.24, 2.45) is 0 Å². The molecule has 0 bridgehead atoms. The molecule has 6 nitrogen and oxygen atoms in total. The quantitative estimate of drug-likeness (QED) is 0.610. The van der Waals surface area contributed by atoms with E-state index in [4.69, 9.17) is 4.98 Å². The molecule has 5 rings (SSSR count). The number of aliphatic carboxylic acids is 1. The van der Waals surface area contributed by atoms with E-state index in [1.54, 1.807) is 10.6 Å². The molecule has 0 spiro atoms. The highest BCUT2D eigenvalue weighted by Gasteiger charge is 2.27. The van der Waals surface area contributed by atoms with Crippen LogP contribution in [0.15, 0.2) is 53.3 Å². The Morgan fingerprint density at radius 3 is 2.63 bits per heavy atom. The highest BCUT2D eigenvalue weighted by molar-refractivity contribution is 5.92. The Labute approximate surface area is 154 Å². The third-order valence-electron chi connectivity index (χ3n) is 5.28.